The number of hydrogen-bond acceptors (Lipinski definition) is 3. The van der Waals surface area contributed by atoms with Gasteiger partial charge >= 0.3 is 0 Å². The predicted octanol–water partition coefficient (Wildman–Crippen LogP) is 4.06. The minimum Gasteiger partial charge on any atom is -0.173 e. The molecule has 1 atom stereocenters. The van der Waals surface area contributed by atoms with Gasteiger partial charge in [-0.3, -0.25) is 0 Å². The van der Waals surface area contributed by atoms with E-state index >= 15 is 0 Å². The van der Waals surface area contributed by atoms with Gasteiger partial charge in [0, 0.05) is 0 Å². The molecule has 86 valence electrons. The number of fused-ring (bicyclic) bond motifs is 1. The summed E-state index contributed by atoms with van der Waals surface area (Å²) in [6.45, 7) is 4.54. The van der Waals surface area contributed by atoms with Crippen molar-refractivity contribution in [1.29, 1.82) is 0 Å². The van der Waals surface area contributed by atoms with Crippen LogP contribution in [0.1, 0.15) is 38.7 Å². The van der Waals surface area contributed by atoms with Gasteiger partial charge in [-0.15, -0.1) is 0 Å². The lowest BCUT2D eigenvalue weighted by molar-refractivity contribution is 0.462. The fourth-order valence-electron chi connectivity index (χ4n) is 2.15. The molecule has 0 bridgehead atoms. The second-order valence-electron chi connectivity index (χ2n) is 4.35. The Balaban J connectivity index is 2.13. The number of hydrogen-bond donors (Lipinski definition) is 0. The number of rotatable bonds is 5. The maximum atomic E-state index is 4.29. The Bertz CT molecular complexity index is 450. The highest BCUT2D eigenvalue weighted by atomic mass is 32.1. The molecule has 1 aromatic carbocycles. The van der Waals surface area contributed by atoms with E-state index in [1.54, 1.807) is 0 Å². The van der Waals surface area contributed by atoms with Crippen LogP contribution in [-0.2, 0) is 6.42 Å². The number of nitrogens with zero attached hydrogens (tertiary/aromatic N) is 2. The van der Waals surface area contributed by atoms with Gasteiger partial charge in [0.1, 0.15) is 11.0 Å². The molecule has 16 heavy (non-hydrogen) atoms. The summed E-state index contributed by atoms with van der Waals surface area (Å²) in [5.74, 6) is 0.814. The molecule has 0 saturated carbocycles. The van der Waals surface area contributed by atoms with Crippen molar-refractivity contribution in [3.8, 4) is 0 Å². The lowest BCUT2D eigenvalue weighted by Crippen LogP contribution is -2.02. The van der Waals surface area contributed by atoms with Gasteiger partial charge in [-0.2, -0.15) is 8.75 Å². The third-order valence-corrected chi connectivity index (χ3v) is 3.67. The molecule has 0 aliphatic carbocycles. The van der Waals surface area contributed by atoms with Crippen LogP contribution >= 0.6 is 11.7 Å². The van der Waals surface area contributed by atoms with Crippen LogP contribution in [-0.4, -0.2) is 8.75 Å². The van der Waals surface area contributed by atoms with Gasteiger partial charge in [0.25, 0.3) is 0 Å². The van der Waals surface area contributed by atoms with E-state index in [1.165, 1.54) is 43.0 Å². The third-order valence-electron chi connectivity index (χ3n) is 3.12. The maximum Gasteiger partial charge on any atom is 0.105 e. The third kappa shape index (κ3) is 2.59. The van der Waals surface area contributed by atoms with Crippen LogP contribution in [0, 0.1) is 5.92 Å². The first kappa shape index (κ1) is 11.5. The molecular formula is C13H18N2S. The van der Waals surface area contributed by atoms with Crippen LogP contribution < -0.4 is 0 Å². The molecule has 2 rings (SSSR count). The van der Waals surface area contributed by atoms with E-state index in [4.69, 9.17) is 0 Å². The van der Waals surface area contributed by atoms with Crippen LogP contribution in [0.4, 0.5) is 0 Å². The maximum absolute atomic E-state index is 4.29. The molecule has 0 spiro atoms. The van der Waals surface area contributed by atoms with E-state index in [1.807, 2.05) is 0 Å². The predicted molar refractivity (Wildman–Crippen MR) is 69.8 cm³/mol. The van der Waals surface area contributed by atoms with Gasteiger partial charge < -0.3 is 0 Å². The summed E-state index contributed by atoms with van der Waals surface area (Å²) in [4.78, 5) is 0. The zero-order valence-corrected chi connectivity index (χ0v) is 10.8. The molecule has 1 aromatic heterocycles. The van der Waals surface area contributed by atoms with Crippen molar-refractivity contribution in [2.75, 3.05) is 0 Å². The second-order valence-corrected chi connectivity index (χ2v) is 4.88. The monoisotopic (exact) mass is 234 g/mol. The van der Waals surface area contributed by atoms with Gasteiger partial charge in [0.2, 0.25) is 0 Å². The van der Waals surface area contributed by atoms with Gasteiger partial charge in [-0.25, -0.2) is 0 Å². The van der Waals surface area contributed by atoms with Crippen LogP contribution in [0.3, 0.4) is 0 Å². The van der Waals surface area contributed by atoms with Crippen molar-refractivity contribution < 1.29 is 0 Å². The van der Waals surface area contributed by atoms with Crippen molar-refractivity contribution in [1.82, 2.24) is 8.75 Å². The summed E-state index contributed by atoms with van der Waals surface area (Å²) in [5.41, 5.74) is 3.48. The Morgan fingerprint density at radius 2 is 2.00 bits per heavy atom. The fourth-order valence-corrected chi connectivity index (χ4v) is 2.66. The standard InChI is InChI=1S/C13H18N2S/c1-3-5-10(4-2)8-11-6-7-12-13(9-11)15-16-14-12/h6-7,9-10H,3-5,8H2,1-2H3. The van der Waals surface area contributed by atoms with Crippen LogP contribution in [0.2, 0.25) is 0 Å². The number of benzene rings is 1. The molecule has 0 fully saturated rings. The van der Waals surface area contributed by atoms with Crippen molar-refractivity contribution in [2.45, 2.75) is 39.5 Å². The Kier molecular flexibility index (Phi) is 3.88. The molecule has 2 nitrogen and oxygen atoms in total. The first-order valence-corrected chi connectivity index (χ1v) is 6.77. The molecule has 0 aliphatic rings. The van der Waals surface area contributed by atoms with Gasteiger partial charge in [0.05, 0.1) is 11.7 Å². The zero-order valence-electron chi connectivity index (χ0n) is 9.94. The molecule has 0 radical (unpaired) electrons. The highest BCUT2D eigenvalue weighted by Gasteiger charge is 2.07. The lowest BCUT2D eigenvalue weighted by atomic mass is 9.93. The van der Waals surface area contributed by atoms with Gasteiger partial charge in [0.15, 0.2) is 0 Å². The highest BCUT2D eigenvalue weighted by molar-refractivity contribution is 7.00. The van der Waals surface area contributed by atoms with Crippen molar-refractivity contribution in [2.24, 2.45) is 5.92 Å². The molecule has 0 aliphatic heterocycles. The van der Waals surface area contributed by atoms with Crippen LogP contribution in [0.25, 0.3) is 11.0 Å². The van der Waals surface area contributed by atoms with Crippen LogP contribution in [0.15, 0.2) is 18.2 Å². The van der Waals surface area contributed by atoms with E-state index < -0.39 is 0 Å². The van der Waals surface area contributed by atoms with E-state index in [-0.39, 0.29) is 0 Å². The smallest absolute Gasteiger partial charge is 0.105 e. The number of aromatic nitrogens is 2. The molecule has 0 amide bonds. The Hall–Kier alpha value is -0.960. The summed E-state index contributed by atoms with van der Waals surface area (Å²) >= 11 is 1.30. The first-order valence-electron chi connectivity index (χ1n) is 6.04. The second kappa shape index (κ2) is 5.39. The summed E-state index contributed by atoms with van der Waals surface area (Å²) in [5, 5.41) is 0. The van der Waals surface area contributed by atoms with Crippen molar-refractivity contribution in [3.63, 3.8) is 0 Å². The van der Waals surface area contributed by atoms with Gasteiger partial charge in [-0.1, -0.05) is 39.2 Å². The zero-order chi connectivity index (χ0) is 11.4. The van der Waals surface area contributed by atoms with E-state index in [9.17, 15) is 0 Å². The normalized spacial score (nSPS) is 13.1. The van der Waals surface area contributed by atoms with Crippen molar-refractivity contribution in [3.05, 3.63) is 23.8 Å². The summed E-state index contributed by atoms with van der Waals surface area (Å²) in [7, 11) is 0. The average molecular weight is 234 g/mol. The first-order chi connectivity index (χ1) is 7.83. The molecular weight excluding hydrogens is 216 g/mol. The Morgan fingerprint density at radius 1 is 1.19 bits per heavy atom. The van der Waals surface area contributed by atoms with Crippen molar-refractivity contribution >= 4 is 22.8 Å². The highest BCUT2D eigenvalue weighted by Crippen LogP contribution is 2.20. The topological polar surface area (TPSA) is 25.8 Å². The summed E-state index contributed by atoms with van der Waals surface area (Å²) in [6, 6.07) is 6.48. The van der Waals surface area contributed by atoms with Crippen LogP contribution in [0.5, 0.6) is 0 Å². The minimum atomic E-state index is 0.814. The van der Waals surface area contributed by atoms with Gasteiger partial charge in [-0.05, 0) is 30.0 Å². The van der Waals surface area contributed by atoms with E-state index in [0.29, 0.717) is 0 Å². The minimum absolute atomic E-state index is 0.814. The average Bonchev–Trinajstić information content (AvgIpc) is 2.75. The Morgan fingerprint density at radius 3 is 2.75 bits per heavy atom. The molecule has 1 unspecified atom stereocenters. The molecule has 2 aromatic rings. The summed E-state index contributed by atoms with van der Waals surface area (Å²) in [6.07, 6.45) is 5.04. The molecule has 0 saturated heterocycles. The Labute approximate surface area is 101 Å². The quantitative estimate of drug-likeness (QED) is 0.779. The fraction of sp³-hybridized carbons (Fsp3) is 0.538. The lowest BCUT2D eigenvalue weighted by Gasteiger charge is -2.13. The van der Waals surface area contributed by atoms with E-state index in [2.05, 4.69) is 40.8 Å². The largest absolute Gasteiger partial charge is 0.173 e. The summed E-state index contributed by atoms with van der Waals surface area (Å²) < 4.78 is 8.52. The molecule has 1 heterocycles. The molecule has 0 N–H and O–H groups in total. The molecule has 3 heteroatoms. The van der Waals surface area contributed by atoms with E-state index in [0.717, 1.165) is 17.0 Å². The SMILES string of the molecule is CCCC(CC)Cc1ccc2nsnc2c1.